The van der Waals surface area contributed by atoms with Crippen LogP contribution in [0.5, 0.6) is 0 Å². The van der Waals surface area contributed by atoms with Gasteiger partial charge in [-0.2, -0.15) is 5.10 Å². The van der Waals surface area contributed by atoms with Crippen molar-refractivity contribution in [2.75, 3.05) is 43.5 Å². The third kappa shape index (κ3) is 6.05. The second kappa shape index (κ2) is 13.8. The molecule has 3 bridgehead atoms. The minimum atomic E-state index is -1.09. The number of carbonyl (C=O) groups is 2. The number of ether oxygens (including phenoxy) is 1. The molecule has 1 aliphatic heterocycles. The fourth-order valence-electron chi connectivity index (χ4n) is 13.2. The first-order valence-corrected chi connectivity index (χ1v) is 22.0. The largest absolute Gasteiger partial charge is 0.481 e. The molecule has 5 atom stereocenters. The van der Waals surface area contributed by atoms with E-state index in [2.05, 4.69) is 51.9 Å². The Labute approximate surface area is 353 Å². The Hall–Kier alpha value is -4.99. The number of hydrogen-bond acceptors (Lipinski definition) is 12. The van der Waals surface area contributed by atoms with Crippen molar-refractivity contribution in [1.29, 1.82) is 0 Å². The van der Waals surface area contributed by atoms with Crippen LogP contribution in [-0.4, -0.2) is 95.9 Å². The van der Waals surface area contributed by atoms with E-state index in [4.69, 9.17) is 24.9 Å². The number of carboxylic acid groups (broad SMARTS) is 2. The second-order valence-corrected chi connectivity index (χ2v) is 20.3. The molecule has 15 heteroatoms. The van der Waals surface area contributed by atoms with Crippen molar-refractivity contribution in [3.8, 4) is 11.1 Å². The number of aromatic nitrogens is 6. The van der Waals surface area contributed by atoms with Crippen LogP contribution in [-0.2, 0) is 22.5 Å². The first-order chi connectivity index (χ1) is 28.6. The van der Waals surface area contributed by atoms with Gasteiger partial charge in [0.25, 0.3) is 0 Å². The lowest BCUT2D eigenvalue weighted by molar-refractivity contribution is -0.253. The maximum atomic E-state index is 13.0. The molecule has 14 nitrogen and oxygen atoms in total. The summed E-state index contributed by atoms with van der Waals surface area (Å²) < 4.78 is 10.2. The molecule has 4 aliphatic carbocycles. The van der Waals surface area contributed by atoms with Gasteiger partial charge in [-0.3, -0.25) is 9.48 Å². The number of fused-ring (bicyclic) bond motifs is 4. The van der Waals surface area contributed by atoms with Crippen molar-refractivity contribution in [1.82, 2.24) is 34.8 Å². The highest BCUT2D eigenvalue weighted by Gasteiger charge is 2.85. The fourth-order valence-corrected chi connectivity index (χ4v) is 14.0. The van der Waals surface area contributed by atoms with Gasteiger partial charge in [-0.25, -0.2) is 14.8 Å². The van der Waals surface area contributed by atoms with Crippen LogP contribution in [0.1, 0.15) is 92.5 Å². The number of likely N-dealkylation sites (N-methyl/N-ethyl adjacent to an activating group) is 1. The SMILES string of the molecule is Cc1c(Nc2nc3ccccc3s2)nnc2c1CCCN2c1ccc(-c2cnn(CC34CC5(C)CC6(OCCN(C)CCC(=O)O)CC(C)(C3)C6(C5)C4)c2C)c(C(=O)O)n1. The molecule has 10 rings (SSSR count). The summed E-state index contributed by atoms with van der Waals surface area (Å²) in [4.78, 5) is 37.6. The van der Waals surface area contributed by atoms with Gasteiger partial charge in [0.05, 0.1) is 35.0 Å². The van der Waals surface area contributed by atoms with Crippen LogP contribution >= 0.6 is 11.3 Å². The van der Waals surface area contributed by atoms with E-state index < -0.39 is 11.9 Å². The lowest BCUT2D eigenvalue weighted by atomic mass is 9.44. The van der Waals surface area contributed by atoms with Crippen LogP contribution in [0.15, 0.2) is 42.6 Å². The third-order valence-electron chi connectivity index (χ3n) is 15.1. The highest BCUT2D eigenvalue weighted by atomic mass is 32.1. The average Bonchev–Trinajstić information content (AvgIpc) is 3.86. The Morgan fingerprint density at radius 2 is 1.80 bits per heavy atom. The molecule has 1 spiro atoms. The summed E-state index contributed by atoms with van der Waals surface area (Å²) in [5.41, 5.74) is 5.67. The normalized spacial score (nSPS) is 28.6. The van der Waals surface area contributed by atoms with Crippen molar-refractivity contribution >= 4 is 56.1 Å². The summed E-state index contributed by atoms with van der Waals surface area (Å²) in [5.74, 6) is 0.0150. The summed E-state index contributed by atoms with van der Waals surface area (Å²) in [6, 6.07) is 11.8. The lowest BCUT2D eigenvalue weighted by Crippen LogP contribution is -2.65. The number of thiazole rings is 1. The third-order valence-corrected chi connectivity index (χ3v) is 16.0. The van der Waals surface area contributed by atoms with Crippen molar-refractivity contribution in [2.24, 2.45) is 21.7 Å². The minimum Gasteiger partial charge on any atom is -0.481 e. The first kappa shape index (κ1) is 39.2. The Balaban J connectivity index is 0.882. The molecule has 5 aliphatic rings. The van der Waals surface area contributed by atoms with Crippen LogP contribution in [0.3, 0.4) is 0 Å². The van der Waals surface area contributed by atoms with Crippen molar-refractivity contribution in [3.63, 3.8) is 0 Å². The maximum absolute atomic E-state index is 13.0. The van der Waals surface area contributed by atoms with E-state index in [9.17, 15) is 14.7 Å². The van der Waals surface area contributed by atoms with Gasteiger partial charge in [-0.1, -0.05) is 37.3 Å². The molecule has 0 saturated heterocycles. The Morgan fingerprint density at radius 3 is 2.60 bits per heavy atom. The Bertz CT molecular complexity index is 2540. The second-order valence-electron chi connectivity index (χ2n) is 19.3. The van der Waals surface area contributed by atoms with Crippen molar-refractivity contribution in [3.05, 3.63) is 65.1 Å². The van der Waals surface area contributed by atoms with Crippen LogP contribution < -0.4 is 10.2 Å². The molecule has 4 aromatic heterocycles. The van der Waals surface area contributed by atoms with Gasteiger partial charge in [-0.15, -0.1) is 10.2 Å². The van der Waals surface area contributed by atoms with E-state index in [1.165, 1.54) is 6.42 Å². The number of anilines is 4. The minimum absolute atomic E-state index is 0.0108. The Morgan fingerprint density at radius 1 is 0.967 bits per heavy atom. The number of hydrogen-bond donors (Lipinski definition) is 3. The predicted octanol–water partition coefficient (Wildman–Crippen LogP) is 8.03. The van der Waals surface area contributed by atoms with Crippen LogP contribution in [0.4, 0.5) is 22.6 Å². The van der Waals surface area contributed by atoms with Gasteiger partial charge in [0.1, 0.15) is 5.82 Å². The molecule has 0 radical (unpaired) electrons. The number of nitrogens with one attached hydrogen (secondary N) is 1. The zero-order valence-electron chi connectivity index (χ0n) is 35.0. The molecule has 4 saturated carbocycles. The molecular weight excluding hydrogens is 779 g/mol. The zero-order valence-corrected chi connectivity index (χ0v) is 35.9. The molecule has 314 valence electrons. The summed E-state index contributed by atoms with van der Waals surface area (Å²) in [6.07, 6.45) is 10.3. The van der Waals surface area contributed by atoms with Gasteiger partial charge in [0.2, 0.25) is 0 Å². The number of carboxylic acids is 2. The molecule has 3 N–H and O–H groups in total. The number of nitrogens with zero attached hydrogens (tertiary/aromatic N) is 8. The average molecular weight is 832 g/mol. The van der Waals surface area contributed by atoms with Crippen molar-refractivity contribution in [2.45, 2.75) is 97.6 Å². The van der Waals surface area contributed by atoms with E-state index in [1.54, 1.807) is 11.3 Å². The molecule has 5 aromatic rings. The molecular formula is C45H53N9O5S. The van der Waals surface area contributed by atoms with E-state index >= 15 is 0 Å². The first-order valence-electron chi connectivity index (χ1n) is 21.2. The fraction of sp³-hybridized carbons (Fsp3) is 0.533. The number of aliphatic carboxylic acids is 1. The van der Waals surface area contributed by atoms with Crippen LogP contribution in [0.25, 0.3) is 21.3 Å². The summed E-state index contributed by atoms with van der Waals surface area (Å²) in [7, 11) is 1.97. The topological polar surface area (TPSA) is 172 Å². The molecule has 0 amide bonds. The highest BCUT2D eigenvalue weighted by Crippen LogP contribution is 2.88. The number of para-hydroxylation sites is 1. The van der Waals surface area contributed by atoms with E-state index in [-0.39, 0.29) is 39.4 Å². The highest BCUT2D eigenvalue weighted by molar-refractivity contribution is 7.22. The van der Waals surface area contributed by atoms with E-state index in [0.717, 1.165) is 95.8 Å². The quantitative estimate of drug-likeness (QED) is 0.0983. The molecule has 1 aromatic carbocycles. The van der Waals surface area contributed by atoms with E-state index in [1.807, 2.05) is 55.4 Å². The number of aromatic carboxylic acids is 1. The summed E-state index contributed by atoms with van der Waals surface area (Å²) in [5, 5.41) is 38.0. The standard InChI is InChI=1S/C45H53N9O5S/c1-27-29-9-8-15-53(38(29)51-50-37(27)49-40-47-32-10-6-7-11-33(32)60-40)34-13-12-30(36(48-34)39(57)58)31-19-46-54(28(31)2)26-43-20-41(3)21-44(25-43)42(4,23-43)24-45(44,22-41)59-18-17-52(5)16-14-35(55)56/h6-7,10-13,19H,8-9,14-18,20-26H2,1-5H3,(H,55,56)(H,57,58)(H,47,49,50). The summed E-state index contributed by atoms with van der Waals surface area (Å²) >= 11 is 1.57. The zero-order chi connectivity index (χ0) is 41.8. The molecule has 4 fully saturated rings. The maximum Gasteiger partial charge on any atom is 0.355 e. The predicted molar refractivity (Wildman–Crippen MR) is 229 cm³/mol. The molecule has 5 unspecified atom stereocenters. The van der Waals surface area contributed by atoms with Gasteiger partial charge in [-0.05, 0) is 113 Å². The van der Waals surface area contributed by atoms with Gasteiger partial charge in [0.15, 0.2) is 22.5 Å². The number of benzene rings is 1. The monoisotopic (exact) mass is 831 g/mol. The lowest BCUT2D eigenvalue weighted by Gasteiger charge is -2.64. The van der Waals surface area contributed by atoms with Gasteiger partial charge >= 0.3 is 11.9 Å². The molecule has 60 heavy (non-hydrogen) atoms. The van der Waals surface area contributed by atoms with E-state index in [0.29, 0.717) is 42.7 Å². The van der Waals surface area contributed by atoms with Crippen LogP contribution in [0, 0.1) is 35.5 Å². The Kier molecular flexibility index (Phi) is 8.98. The van der Waals surface area contributed by atoms with Gasteiger partial charge in [0, 0.05) is 59.5 Å². The smallest absolute Gasteiger partial charge is 0.355 e. The van der Waals surface area contributed by atoms with Gasteiger partial charge < -0.3 is 30.1 Å². The number of rotatable bonds is 14. The summed E-state index contributed by atoms with van der Waals surface area (Å²) in [6.45, 7) is 12.3. The van der Waals surface area contributed by atoms with Crippen molar-refractivity contribution < 1.29 is 24.5 Å². The van der Waals surface area contributed by atoms with Crippen LogP contribution in [0.2, 0.25) is 0 Å². The molecule has 5 heterocycles. The number of pyridine rings is 1.